The number of anilines is 2. The molecule has 0 radical (unpaired) electrons. The second-order valence-corrected chi connectivity index (χ2v) is 6.79. The summed E-state index contributed by atoms with van der Waals surface area (Å²) < 4.78 is 0. The van der Waals surface area contributed by atoms with Gasteiger partial charge < -0.3 is 20.9 Å². The fraction of sp³-hybridized carbons (Fsp3) is 0.348. The summed E-state index contributed by atoms with van der Waals surface area (Å²) in [4.78, 5) is 38.4. The van der Waals surface area contributed by atoms with E-state index >= 15 is 0 Å². The molecule has 7 heteroatoms. The highest BCUT2D eigenvalue weighted by Gasteiger charge is 2.12. The molecule has 0 atom stereocenters. The van der Waals surface area contributed by atoms with Crippen molar-refractivity contribution in [3.8, 4) is 0 Å². The van der Waals surface area contributed by atoms with Gasteiger partial charge in [0.05, 0.1) is 6.54 Å². The van der Waals surface area contributed by atoms with Crippen LogP contribution in [0.15, 0.2) is 48.5 Å². The van der Waals surface area contributed by atoms with E-state index in [0.29, 0.717) is 42.1 Å². The highest BCUT2D eigenvalue weighted by Crippen LogP contribution is 2.13. The van der Waals surface area contributed by atoms with Crippen LogP contribution in [0.25, 0.3) is 0 Å². The highest BCUT2D eigenvalue weighted by molar-refractivity contribution is 5.97. The maximum Gasteiger partial charge on any atom is 0.253 e. The summed E-state index contributed by atoms with van der Waals surface area (Å²) in [6.07, 6.45) is 0.869. The number of rotatable bonds is 10. The van der Waals surface area contributed by atoms with Crippen LogP contribution in [-0.2, 0) is 4.79 Å². The van der Waals surface area contributed by atoms with Crippen molar-refractivity contribution in [2.24, 2.45) is 0 Å². The Labute approximate surface area is 177 Å². The molecular weight excluding hydrogens is 380 g/mol. The minimum Gasteiger partial charge on any atom is -0.376 e. The lowest BCUT2D eigenvalue weighted by atomic mass is 10.1. The Morgan fingerprint density at radius 1 is 0.867 bits per heavy atom. The molecule has 0 bridgehead atoms. The molecule has 2 aromatic rings. The van der Waals surface area contributed by atoms with Gasteiger partial charge in [0, 0.05) is 42.1 Å². The molecule has 3 N–H and O–H groups in total. The maximum absolute atomic E-state index is 12.3. The van der Waals surface area contributed by atoms with Crippen LogP contribution >= 0.6 is 0 Å². The van der Waals surface area contributed by atoms with E-state index in [1.54, 1.807) is 53.4 Å². The molecule has 0 aliphatic heterocycles. The smallest absolute Gasteiger partial charge is 0.253 e. The Kier molecular flexibility index (Phi) is 8.87. The predicted octanol–water partition coefficient (Wildman–Crippen LogP) is 3.36. The molecule has 3 amide bonds. The first-order valence-corrected chi connectivity index (χ1v) is 10.3. The zero-order chi connectivity index (χ0) is 21.9. The highest BCUT2D eigenvalue weighted by atomic mass is 16.2. The SMILES string of the molecule is CCCNC(=O)c1cccc(NCC(=O)Nc2ccc(C(=O)N(CC)CC)cc2)c1. The molecule has 0 fully saturated rings. The minimum absolute atomic E-state index is 0.0256. The van der Waals surface area contributed by atoms with Gasteiger partial charge in [-0.05, 0) is 62.7 Å². The standard InChI is InChI=1S/C23H30N4O3/c1-4-14-24-22(29)18-8-7-9-20(15-18)25-16-21(28)26-19-12-10-17(11-13-19)23(30)27(5-2)6-3/h7-13,15,25H,4-6,14,16H2,1-3H3,(H,24,29)(H,26,28). The van der Waals surface area contributed by atoms with Crippen molar-refractivity contribution in [3.05, 3.63) is 59.7 Å². The molecule has 0 saturated heterocycles. The van der Waals surface area contributed by atoms with Crippen LogP contribution in [0.3, 0.4) is 0 Å². The van der Waals surface area contributed by atoms with E-state index in [0.717, 1.165) is 6.42 Å². The van der Waals surface area contributed by atoms with Crippen molar-refractivity contribution in [2.75, 3.05) is 36.8 Å². The van der Waals surface area contributed by atoms with Gasteiger partial charge >= 0.3 is 0 Å². The van der Waals surface area contributed by atoms with Crippen LogP contribution in [0.5, 0.6) is 0 Å². The molecule has 7 nitrogen and oxygen atoms in total. The van der Waals surface area contributed by atoms with Crippen LogP contribution in [0.4, 0.5) is 11.4 Å². The van der Waals surface area contributed by atoms with Crippen molar-refractivity contribution >= 4 is 29.1 Å². The number of amides is 3. The zero-order valence-corrected chi connectivity index (χ0v) is 17.8. The zero-order valence-electron chi connectivity index (χ0n) is 17.8. The first-order valence-electron chi connectivity index (χ1n) is 10.3. The molecule has 0 unspecified atom stereocenters. The average Bonchev–Trinajstić information content (AvgIpc) is 2.77. The molecule has 0 heterocycles. The summed E-state index contributed by atoms with van der Waals surface area (Å²) in [6, 6.07) is 13.9. The lowest BCUT2D eigenvalue weighted by molar-refractivity contribution is -0.114. The number of carbonyl (C=O) groups is 3. The van der Waals surface area contributed by atoms with E-state index in [2.05, 4.69) is 16.0 Å². The Hall–Kier alpha value is -3.35. The van der Waals surface area contributed by atoms with E-state index < -0.39 is 0 Å². The van der Waals surface area contributed by atoms with Gasteiger partial charge in [-0.2, -0.15) is 0 Å². The second-order valence-electron chi connectivity index (χ2n) is 6.79. The molecule has 160 valence electrons. The summed E-state index contributed by atoms with van der Waals surface area (Å²) in [7, 11) is 0. The van der Waals surface area contributed by atoms with Gasteiger partial charge in [-0.1, -0.05) is 13.0 Å². The van der Waals surface area contributed by atoms with E-state index in [1.807, 2.05) is 20.8 Å². The number of nitrogens with one attached hydrogen (secondary N) is 3. The van der Waals surface area contributed by atoms with E-state index in [1.165, 1.54) is 0 Å². The van der Waals surface area contributed by atoms with Crippen LogP contribution in [0.2, 0.25) is 0 Å². The number of carbonyl (C=O) groups excluding carboxylic acids is 3. The van der Waals surface area contributed by atoms with E-state index in [-0.39, 0.29) is 24.3 Å². The molecule has 0 saturated carbocycles. The fourth-order valence-electron chi connectivity index (χ4n) is 2.89. The van der Waals surface area contributed by atoms with Crippen molar-refractivity contribution in [3.63, 3.8) is 0 Å². The predicted molar refractivity (Wildman–Crippen MR) is 120 cm³/mol. The summed E-state index contributed by atoms with van der Waals surface area (Å²) >= 11 is 0. The molecular formula is C23H30N4O3. The first kappa shape index (κ1) is 22.9. The lowest BCUT2D eigenvalue weighted by Crippen LogP contribution is -2.30. The lowest BCUT2D eigenvalue weighted by Gasteiger charge is -2.18. The molecule has 30 heavy (non-hydrogen) atoms. The van der Waals surface area contributed by atoms with E-state index in [9.17, 15) is 14.4 Å². The topological polar surface area (TPSA) is 90.5 Å². The summed E-state index contributed by atoms with van der Waals surface area (Å²) in [5.74, 6) is -0.384. The fourth-order valence-corrected chi connectivity index (χ4v) is 2.89. The second kappa shape index (κ2) is 11.6. The minimum atomic E-state index is -0.223. The molecule has 0 aliphatic carbocycles. The third kappa shape index (κ3) is 6.62. The van der Waals surface area contributed by atoms with Gasteiger partial charge in [-0.15, -0.1) is 0 Å². The first-order chi connectivity index (χ1) is 14.5. The maximum atomic E-state index is 12.3. The number of nitrogens with zero attached hydrogens (tertiary/aromatic N) is 1. The van der Waals surface area contributed by atoms with Gasteiger partial charge in [-0.25, -0.2) is 0 Å². The van der Waals surface area contributed by atoms with E-state index in [4.69, 9.17) is 0 Å². The van der Waals surface area contributed by atoms with Gasteiger partial charge in [0.2, 0.25) is 5.91 Å². The Balaban J connectivity index is 1.89. The van der Waals surface area contributed by atoms with Gasteiger partial charge in [0.15, 0.2) is 0 Å². The summed E-state index contributed by atoms with van der Waals surface area (Å²) in [5.41, 5.74) is 2.44. The molecule has 2 aromatic carbocycles. The summed E-state index contributed by atoms with van der Waals surface area (Å²) in [5, 5.41) is 8.65. The van der Waals surface area contributed by atoms with Gasteiger partial charge in [-0.3, -0.25) is 14.4 Å². The average molecular weight is 411 g/mol. The normalized spacial score (nSPS) is 10.2. The monoisotopic (exact) mass is 410 g/mol. The Bertz CT molecular complexity index is 861. The van der Waals surface area contributed by atoms with Crippen LogP contribution in [0.1, 0.15) is 47.9 Å². The number of hydrogen-bond donors (Lipinski definition) is 3. The number of benzene rings is 2. The van der Waals surface area contributed by atoms with Crippen molar-refractivity contribution in [1.29, 1.82) is 0 Å². The van der Waals surface area contributed by atoms with Crippen LogP contribution in [0, 0.1) is 0 Å². The Morgan fingerprint density at radius 2 is 1.57 bits per heavy atom. The quantitative estimate of drug-likeness (QED) is 0.560. The van der Waals surface area contributed by atoms with Crippen molar-refractivity contribution in [2.45, 2.75) is 27.2 Å². The van der Waals surface area contributed by atoms with Gasteiger partial charge in [0.25, 0.3) is 11.8 Å². The summed E-state index contributed by atoms with van der Waals surface area (Å²) in [6.45, 7) is 7.86. The molecule has 2 rings (SSSR count). The molecule has 0 aromatic heterocycles. The number of hydrogen-bond acceptors (Lipinski definition) is 4. The van der Waals surface area contributed by atoms with Crippen molar-refractivity contribution < 1.29 is 14.4 Å². The van der Waals surface area contributed by atoms with Crippen LogP contribution < -0.4 is 16.0 Å². The molecule has 0 aliphatic rings. The molecule has 0 spiro atoms. The van der Waals surface area contributed by atoms with Gasteiger partial charge in [0.1, 0.15) is 0 Å². The Morgan fingerprint density at radius 3 is 2.20 bits per heavy atom. The largest absolute Gasteiger partial charge is 0.376 e. The van der Waals surface area contributed by atoms with Crippen LogP contribution in [-0.4, -0.2) is 48.8 Å². The third-order valence-corrected chi connectivity index (χ3v) is 4.58. The third-order valence-electron chi connectivity index (χ3n) is 4.58. The van der Waals surface area contributed by atoms with Crippen molar-refractivity contribution in [1.82, 2.24) is 10.2 Å².